The van der Waals surface area contributed by atoms with Crippen LogP contribution in [-0.2, 0) is 19.9 Å². The van der Waals surface area contributed by atoms with Gasteiger partial charge >= 0.3 is 6.03 Å². The second-order valence-electron chi connectivity index (χ2n) is 6.06. The molecule has 1 aromatic rings. The highest BCUT2D eigenvalue weighted by atomic mass is 16.5. The first kappa shape index (κ1) is 16.4. The second kappa shape index (κ2) is 6.60. The molecule has 0 aromatic heterocycles. The summed E-state index contributed by atoms with van der Waals surface area (Å²) < 4.78 is 5.23. The summed E-state index contributed by atoms with van der Waals surface area (Å²) in [4.78, 5) is 37.5. The number of carbonyl (C=O) groups excluding carboxylic acids is 3. The highest BCUT2D eigenvalue weighted by Gasteiger charge is 2.52. The van der Waals surface area contributed by atoms with Crippen LogP contribution in [0.25, 0.3) is 0 Å². The van der Waals surface area contributed by atoms with Gasteiger partial charge in [0.25, 0.3) is 5.91 Å². The number of imide groups is 1. The Morgan fingerprint density at radius 3 is 2.58 bits per heavy atom. The Labute approximate surface area is 140 Å². The fraction of sp³-hybridized carbons (Fsp3) is 0.471. The van der Waals surface area contributed by atoms with Crippen molar-refractivity contribution in [2.45, 2.75) is 31.7 Å². The molecule has 7 heteroatoms. The Morgan fingerprint density at radius 1 is 1.29 bits per heavy atom. The monoisotopic (exact) mass is 331 g/mol. The quantitative estimate of drug-likeness (QED) is 0.814. The van der Waals surface area contributed by atoms with E-state index in [0.29, 0.717) is 38.0 Å². The van der Waals surface area contributed by atoms with Crippen molar-refractivity contribution in [3.63, 3.8) is 0 Å². The SMILES string of the molecule is CCC1(c2ccccc2)NC(=O)N(NC(=O)C2CCOCC2)C1=O. The minimum absolute atomic E-state index is 0.243. The Kier molecular flexibility index (Phi) is 4.53. The third-order valence-electron chi connectivity index (χ3n) is 4.70. The number of nitrogens with one attached hydrogen (secondary N) is 2. The first-order valence-electron chi connectivity index (χ1n) is 8.19. The van der Waals surface area contributed by atoms with E-state index in [1.54, 1.807) is 12.1 Å². The first-order chi connectivity index (χ1) is 11.6. The van der Waals surface area contributed by atoms with Crippen LogP contribution >= 0.6 is 0 Å². The van der Waals surface area contributed by atoms with Crippen LogP contribution in [-0.4, -0.2) is 36.1 Å². The molecule has 128 valence electrons. The number of carbonyl (C=O) groups is 3. The molecule has 0 spiro atoms. The molecule has 24 heavy (non-hydrogen) atoms. The lowest BCUT2D eigenvalue weighted by Crippen LogP contribution is -2.50. The topological polar surface area (TPSA) is 87.7 Å². The summed E-state index contributed by atoms with van der Waals surface area (Å²) >= 11 is 0. The third-order valence-corrected chi connectivity index (χ3v) is 4.70. The molecule has 2 saturated heterocycles. The van der Waals surface area contributed by atoms with E-state index in [1.807, 2.05) is 25.1 Å². The second-order valence-corrected chi connectivity index (χ2v) is 6.06. The third kappa shape index (κ3) is 2.75. The zero-order valence-electron chi connectivity index (χ0n) is 13.6. The largest absolute Gasteiger partial charge is 0.381 e. The van der Waals surface area contributed by atoms with Crippen molar-refractivity contribution in [1.82, 2.24) is 15.8 Å². The zero-order valence-corrected chi connectivity index (χ0v) is 13.6. The maximum Gasteiger partial charge on any atom is 0.344 e. The number of rotatable bonds is 4. The van der Waals surface area contributed by atoms with Crippen LogP contribution in [0.3, 0.4) is 0 Å². The van der Waals surface area contributed by atoms with Crippen LogP contribution in [0.2, 0.25) is 0 Å². The molecule has 7 nitrogen and oxygen atoms in total. The average molecular weight is 331 g/mol. The van der Waals surface area contributed by atoms with E-state index in [4.69, 9.17) is 4.74 Å². The summed E-state index contributed by atoms with van der Waals surface area (Å²) in [7, 11) is 0. The van der Waals surface area contributed by atoms with E-state index in [0.717, 1.165) is 5.01 Å². The number of hydrazine groups is 1. The van der Waals surface area contributed by atoms with E-state index in [9.17, 15) is 14.4 Å². The molecule has 2 fully saturated rings. The van der Waals surface area contributed by atoms with Crippen LogP contribution < -0.4 is 10.7 Å². The van der Waals surface area contributed by atoms with Crippen molar-refractivity contribution < 1.29 is 19.1 Å². The van der Waals surface area contributed by atoms with E-state index in [-0.39, 0.29) is 11.8 Å². The van der Waals surface area contributed by atoms with Crippen LogP contribution in [0, 0.1) is 5.92 Å². The summed E-state index contributed by atoms with van der Waals surface area (Å²) in [5.41, 5.74) is 2.05. The summed E-state index contributed by atoms with van der Waals surface area (Å²) in [6.45, 7) is 2.86. The van der Waals surface area contributed by atoms with Gasteiger partial charge in [-0.25, -0.2) is 4.79 Å². The number of urea groups is 1. The average Bonchev–Trinajstić information content (AvgIpc) is 2.88. The lowest BCUT2D eigenvalue weighted by Gasteiger charge is -2.26. The summed E-state index contributed by atoms with van der Waals surface area (Å²) in [6.07, 6.45) is 1.57. The van der Waals surface area contributed by atoms with Crippen LogP contribution in [0.15, 0.2) is 30.3 Å². The Morgan fingerprint density at radius 2 is 1.96 bits per heavy atom. The molecule has 0 radical (unpaired) electrons. The first-order valence-corrected chi connectivity index (χ1v) is 8.19. The standard InChI is InChI=1S/C17H21N3O4/c1-2-17(13-6-4-3-5-7-13)15(22)20(16(23)18-17)19-14(21)12-8-10-24-11-9-12/h3-7,12H,2,8-11H2,1H3,(H,18,23)(H,19,21). The molecular weight excluding hydrogens is 310 g/mol. The van der Waals surface area contributed by atoms with Crippen molar-refractivity contribution >= 4 is 17.8 Å². The van der Waals surface area contributed by atoms with E-state index >= 15 is 0 Å². The molecule has 1 aromatic carbocycles. The van der Waals surface area contributed by atoms with E-state index in [2.05, 4.69) is 10.7 Å². The van der Waals surface area contributed by atoms with Crippen molar-refractivity contribution in [2.75, 3.05) is 13.2 Å². The molecule has 2 aliphatic heterocycles. The lowest BCUT2D eigenvalue weighted by atomic mass is 9.87. The van der Waals surface area contributed by atoms with Gasteiger partial charge in [0.05, 0.1) is 0 Å². The molecule has 0 aliphatic carbocycles. The molecule has 3 rings (SSSR count). The van der Waals surface area contributed by atoms with Gasteiger partial charge in [-0.15, -0.1) is 0 Å². The number of ether oxygens (including phenoxy) is 1. The minimum Gasteiger partial charge on any atom is -0.381 e. The van der Waals surface area contributed by atoms with Gasteiger partial charge in [-0.1, -0.05) is 37.3 Å². The van der Waals surface area contributed by atoms with Gasteiger partial charge < -0.3 is 10.1 Å². The molecule has 2 aliphatic rings. The van der Waals surface area contributed by atoms with Crippen molar-refractivity contribution in [3.05, 3.63) is 35.9 Å². The molecule has 0 bridgehead atoms. The number of nitrogens with zero attached hydrogens (tertiary/aromatic N) is 1. The van der Waals surface area contributed by atoms with Crippen molar-refractivity contribution in [1.29, 1.82) is 0 Å². The summed E-state index contributed by atoms with van der Waals surface area (Å²) in [5.74, 6) is -1.02. The van der Waals surface area contributed by atoms with E-state index < -0.39 is 17.5 Å². The minimum atomic E-state index is -1.14. The maximum atomic E-state index is 12.9. The molecule has 4 amide bonds. The van der Waals surface area contributed by atoms with Crippen molar-refractivity contribution in [3.8, 4) is 0 Å². The molecule has 1 unspecified atom stereocenters. The van der Waals surface area contributed by atoms with Crippen molar-refractivity contribution in [2.24, 2.45) is 5.92 Å². The highest BCUT2D eigenvalue weighted by molar-refractivity contribution is 6.08. The fourth-order valence-electron chi connectivity index (χ4n) is 3.20. The molecule has 2 heterocycles. The van der Waals surface area contributed by atoms with Crippen LogP contribution in [0.1, 0.15) is 31.7 Å². The predicted octanol–water partition coefficient (Wildman–Crippen LogP) is 1.30. The molecule has 2 N–H and O–H groups in total. The number of amides is 4. The lowest BCUT2D eigenvalue weighted by molar-refractivity contribution is -0.142. The van der Waals surface area contributed by atoms with Gasteiger partial charge in [0.2, 0.25) is 5.91 Å². The Balaban J connectivity index is 1.79. The fourth-order valence-corrected chi connectivity index (χ4v) is 3.20. The van der Waals surface area contributed by atoms with Gasteiger partial charge in [-0.2, -0.15) is 5.01 Å². The summed E-state index contributed by atoms with van der Waals surface area (Å²) in [5, 5.41) is 3.55. The van der Waals surface area contributed by atoms with Crippen LogP contribution in [0.5, 0.6) is 0 Å². The highest BCUT2D eigenvalue weighted by Crippen LogP contribution is 2.31. The van der Waals surface area contributed by atoms with Gasteiger partial charge in [0.15, 0.2) is 0 Å². The number of benzene rings is 1. The zero-order chi connectivity index (χ0) is 17.2. The van der Waals surface area contributed by atoms with E-state index in [1.165, 1.54) is 0 Å². The Hall–Kier alpha value is -2.41. The van der Waals surface area contributed by atoms with Gasteiger partial charge in [-0.05, 0) is 24.8 Å². The molecule has 1 atom stereocenters. The molecular formula is C17H21N3O4. The van der Waals surface area contributed by atoms with Gasteiger partial charge in [-0.3, -0.25) is 15.0 Å². The predicted molar refractivity (Wildman–Crippen MR) is 85.5 cm³/mol. The number of hydrogen-bond donors (Lipinski definition) is 2. The summed E-state index contributed by atoms with van der Waals surface area (Å²) in [6, 6.07) is 8.46. The Bertz CT molecular complexity index is 642. The normalized spacial score (nSPS) is 24.8. The maximum absolute atomic E-state index is 12.9. The van der Waals surface area contributed by atoms with Gasteiger partial charge in [0.1, 0.15) is 5.54 Å². The smallest absolute Gasteiger partial charge is 0.344 e. The van der Waals surface area contributed by atoms with Crippen LogP contribution in [0.4, 0.5) is 4.79 Å². The number of hydrogen-bond acceptors (Lipinski definition) is 4. The molecule has 0 saturated carbocycles. The van der Waals surface area contributed by atoms with Gasteiger partial charge in [0, 0.05) is 19.1 Å².